The zero-order valence-electron chi connectivity index (χ0n) is 4.09. The lowest BCUT2D eigenvalue weighted by atomic mass is 10.9. The summed E-state index contributed by atoms with van der Waals surface area (Å²) in [4.78, 5) is 9.94. The highest BCUT2D eigenvalue weighted by Crippen LogP contribution is 1.69. The first-order valence-electron chi connectivity index (χ1n) is 1.74. The molecule has 0 heterocycles. The molecular weight excluding hydrogens is 110 g/mol. The Kier molecular flexibility index (Phi) is 1.78. The highest BCUT2D eigenvalue weighted by molar-refractivity contribution is 5.92. The van der Waals surface area contributed by atoms with Crippen molar-refractivity contribution in [3.63, 3.8) is 0 Å². The van der Waals surface area contributed by atoms with Crippen LogP contribution in [0.3, 0.4) is 0 Å². The van der Waals surface area contributed by atoms with Crippen molar-refractivity contribution >= 4 is 12.0 Å². The van der Waals surface area contributed by atoms with Crippen molar-refractivity contribution in [1.29, 1.82) is 5.41 Å². The maximum atomic E-state index is 9.94. The van der Waals surface area contributed by atoms with Crippen LogP contribution in [0.2, 0.25) is 0 Å². The number of guanidine groups is 1. The van der Waals surface area contributed by atoms with Crippen LogP contribution in [-0.4, -0.2) is 17.0 Å². The van der Waals surface area contributed by atoms with Crippen molar-refractivity contribution in [2.24, 2.45) is 17.3 Å². The Morgan fingerprint density at radius 3 is 1.88 bits per heavy atom. The number of hydrogen-bond acceptors (Lipinski definition) is 3. The molecule has 0 aromatic carbocycles. The van der Waals surface area contributed by atoms with E-state index in [9.17, 15) is 4.79 Å². The van der Waals surface area contributed by atoms with Crippen LogP contribution in [0.1, 0.15) is 0 Å². The molecule has 2 amide bonds. The molecule has 0 saturated heterocycles. The van der Waals surface area contributed by atoms with Crippen LogP contribution in [0.25, 0.3) is 0 Å². The number of carbonyl (C=O) groups excluding carboxylic acids is 1. The van der Waals surface area contributed by atoms with Gasteiger partial charge in [0.05, 0.1) is 0 Å². The number of amides is 2. The number of carbonyl (C=O) groups is 1. The zero-order chi connectivity index (χ0) is 6.73. The number of rotatable bonds is 0. The van der Waals surface area contributed by atoms with Crippen molar-refractivity contribution < 1.29 is 4.79 Å². The van der Waals surface area contributed by atoms with Gasteiger partial charge in [-0.25, -0.2) is 10.6 Å². The second-order valence-corrected chi connectivity index (χ2v) is 1.09. The number of urea groups is 1. The minimum absolute atomic E-state index is 0.333. The van der Waals surface area contributed by atoms with Gasteiger partial charge in [0.15, 0.2) is 0 Å². The Morgan fingerprint density at radius 2 is 1.88 bits per heavy atom. The average Bonchev–Trinajstić information content (AvgIpc) is 1.64. The fourth-order valence-electron chi connectivity index (χ4n) is 0.119. The number of hydrazine groups is 1. The van der Waals surface area contributed by atoms with Crippen LogP contribution in [0, 0.1) is 5.41 Å². The van der Waals surface area contributed by atoms with Crippen LogP contribution < -0.4 is 17.3 Å². The van der Waals surface area contributed by atoms with E-state index in [0.717, 1.165) is 0 Å². The molecule has 0 radical (unpaired) electrons. The number of primary amides is 1. The molecule has 6 nitrogen and oxygen atoms in total. The van der Waals surface area contributed by atoms with E-state index < -0.39 is 12.0 Å². The first-order chi connectivity index (χ1) is 3.55. The van der Waals surface area contributed by atoms with Crippen LogP contribution in [0.5, 0.6) is 0 Å². The van der Waals surface area contributed by atoms with E-state index in [-0.39, 0.29) is 0 Å². The van der Waals surface area contributed by atoms with Gasteiger partial charge >= 0.3 is 6.03 Å². The van der Waals surface area contributed by atoms with E-state index >= 15 is 0 Å². The maximum absolute atomic E-state index is 9.94. The third kappa shape index (κ3) is 1.43. The Morgan fingerprint density at radius 1 is 1.50 bits per heavy atom. The molecule has 0 atom stereocenters. The number of nitrogens with two attached hydrogens (primary N) is 3. The SMILES string of the molecule is N=C(N)N(N)C(N)=O. The third-order valence-corrected chi connectivity index (χ3v) is 0.497. The number of hydrogen-bond donors (Lipinski definition) is 4. The summed E-state index contributed by atoms with van der Waals surface area (Å²) in [7, 11) is 0. The molecule has 0 aliphatic carbocycles. The predicted octanol–water partition coefficient (Wildman–Crippen LogP) is -1.87. The molecule has 0 aromatic rings. The highest BCUT2D eigenvalue weighted by Gasteiger charge is 2.04. The van der Waals surface area contributed by atoms with Crippen molar-refractivity contribution in [3.05, 3.63) is 0 Å². The first-order valence-corrected chi connectivity index (χ1v) is 1.74. The number of nitrogens with one attached hydrogen (secondary N) is 1. The maximum Gasteiger partial charge on any atom is 0.336 e. The molecule has 46 valence electrons. The molecule has 0 aromatic heterocycles. The fourth-order valence-corrected chi connectivity index (χ4v) is 0.119. The molecular formula is C2H7N5O. The Bertz CT molecular complexity index is 106. The summed E-state index contributed by atoms with van der Waals surface area (Å²) in [5, 5.41) is 6.84. The normalized spacial score (nSPS) is 8.12. The predicted molar refractivity (Wildman–Crippen MR) is 27.5 cm³/mol. The molecule has 0 fully saturated rings. The van der Waals surface area contributed by atoms with E-state index in [1.165, 1.54) is 0 Å². The van der Waals surface area contributed by atoms with Gasteiger partial charge in [0.2, 0.25) is 5.96 Å². The zero-order valence-corrected chi connectivity index (χ0v) is 4.09. The van der Waals surface area contributed by atoms with Gasteiger partial charge in [-0.2, -0.15) is 5.01 Å². The monoisotopic (exact) mass is 117 g/mol. The van der Waals surface area contributed by atoms with Gasteiger partial charge < -0.3 is 11.5 Å². The van der Waals surface area contributed by atoms with E-state index in [1.807, 2.05) is 0 Å². The molecule has 0 saturated carbocycles. The Hall–Kier alpha value is -1.30. The lowest BCUT2D eigenvalue weighted by Gasteiger charge is -2.08. The molecule has 8 heavy (non-hydrogen) atoms. The third-order valence-electron chi connectivity index (χ3n) is 0.497. The summed E-state index contributed by atoms with van der Waals surface area (Å²) in [5.41, 5.74) is 9.30. The first kappa shape index (κ1) is 6.70. The highest BCUT2D eigenvalue weighted by atomic mass is 16.2. The van der Waals surface area contributed by atoms with E-state index in [0.29, 0.717) is 5.01 Å². The Balaban J connectivity index is 3.83. The lowest BCUT2D eigenvalue weighted by molar-refractivity contribution is 0.230. The molecule has 6 heteroatoms. The summed E-state index contributed by atoms with van der Waals surface area (Å²) in [6, 6.07) is -0.947. The molecule has 7 N–H and O–H groups in total. The second kappa shape index (κ2) is 2.12. The number of nitrogens with zero attached hydrogens (tertiary/aromatic N) is 1. The molecule has 0 bridgehead atoms. The van der Waals surface area contributed by atoms with Crippen molar-refractivity contribution in [1.82, 2.24) is 5.01 Å². The largest absolute Gasteiger partial charge is 0.368 e. The molecule has 0 rings (SSSR count). The minimum Gasteiger partial charge on any atom is -0.368 e. The standard InChI is InChI=1S/C2H7N5O/c3-1(4)7(6)2(5)8/h6H2,(H3,3,4)(H2,5,8). The van der Waals surface area contributed by atoms with E-state index in [1.54, 1.807) is 0 Å². The summed E-state index contributed by atoms with van der Waals surface area (Å²) >= 11 is 0. The van der Waals surface area contributed by atoms with Gasteiger partial charge in [0.1, 0.15) is 0 Å². The molecule has 0 unspecified atom stereocenters. The van der Waals surface area contributed by atoms with Crippen LogP contribution >= 0.6 is 0 Å². The quantitative estimate of drug-likeness (QED) is 0.0977. The summed E-state index contributed by atoms with van der Waals surface area (Å²) in [6.07, 6.45) is 0. The summed E-state index contributed by atoms with van der Waals surface area (Å²) < 4.78 is 0. The van der Waals surface area contributed by atoms with Crippen molar-refractivity contribution in [2.45, 2.75) is 0 Å². The minimum atomic E-state index is -0.947. The van der Waals surface area contributed by atoms with Gasteiger partial charge in [0, 0.05) is 0 Å². The smallest absolute Gasteiger partial charge is 0.336 e. The van der Waals surface area contributed by atoms with Crippen LogP contribution in [0.15, 0.2) is 0 Å². The van der Waals surface area contributed by atoms with Crippen LogP contribution in [-0.2, 0) is 0 Å². The van der Waals surface area contributed by atoms with Gasteiger partial charge in [-0.15, -0.1) is 0 Å². The summed E-state index contributed by atoms with van der Waals surface area (Å²) in [6.45, 7) is 0. The average molecular weight is 117 g/mol. The van der Waals surface area contributed by atoms with Crippen molar-refractivity contribution in [2.75, 3.05) is 0 Å². The topological polar surface area (TPSA) is 122 Å². The molecule has 0 aliphatic rings. The van der Waals surface area contributed by atoms with E-state index in [4.69, 9.17) is 17.0 Å². The van der Waals surface area contributed by atoms with Gasteiger partial charge in [-0.1, -0.05) is 0 Å². The molecule has 0 spiro atoms. The van der Waals surface area contributed by atoms with Gasteiger partial charge in [-0.05, 0) is 0 Å². The summed E-state index contributed by atoms with van der Waals surface area (Å²) in [5.74, 6) is 4.20. The fraction of sp³-hybridized carbons (Fsp3) is 0. The Labute approximate surface area is 45.7 Å². The second-order valence-electron chi connectivity index (χ2n) is 1.09. The van der Waals surface area contributed by atoms with Gasteiger partial charge in [-0.3, -0.25) is 5.41 Å². The molecule has 0 aliphatic heterocycles. The van der Waals surface area contributed by atoms with Crippen molar-refractivity contribution in [3.8, 4) is 0 Å². The van der Waals surface area contributed by atoms with Gasteiger partial charge in [0.25, 0.3) is 0 Å². The van der Waals surface area contributed by atoms with E-state index in [2.05, 4.69) is 5.73 Å². The van der Waals surface area contributed by atoms with Crippen LogP contribution in [0.4, 0.5) is 4.79 Å². The lowest BCUT2D eigenvalue weighted by Crippen LogP contribution is -2.49.